The zero-order chi connectivity index (χ0) is 20.3. The second-order valence-corrected chi connectivity index (χ2v) is 7.05. The van der Waals surface area contributed by atoms with Crippen LogP contribution < -0.4 is 0 Å². The van der Waals surface area contributed by atoms with Gasteiger partial charge in [0.15, 0.2) is 5.78 Å². The van der Waals surface area contributed by atoms with Crippen LogP contribution in [0, 0.1) is 0 Å². The van der Waals surface area contributed by atoms with Crippen molar-refractivity contribution in [3.8, 4) is 5.75 Å². The molecule has 1 atom stereocenters. The predicted molar refractivity (Wildman–Crippen MR) is 108 cm³/mol. The number of aliphatic hydroxyl groups excluding tert-OH is 2. The van der Waals surface area contributed by atoms with E-state index in [1.54, 1.807) is 25.1 Å². The first-order chi connectivity index (χ1) is 13.4. The minimum Gasteiger partial charge on any atom is -0.507 e. The largest absolute Gasteiger partial charge is 0.507 e. The van der Waals surface area contributed by atoms with Crippen LogP contribution in [0.1, 0.15) is 52.0 Å². The van der Waals surface area contributed by atoms with E-state index in [4.69, 9.17) is 0 Å². The third kappa shape index (κ3) is 3.33. The van der Waals surface area contributed by atoms with Crippen molar-refractivity contribution in [1.82, 2.24) is 0 Å². The van der Waals surface area contributed by atoms with Crippen molar-refractivity contribution >= 4 is 5.78 Å². The van der Waals surface area contributed by atoms with Gasteiger partial charge in [0.1, 0.15) is 5.75 Å². The maximum Gasteiger partial charge on any atom is 0.160 e. The summed E-state index contributed by atoms with van der Waals surface area (Å²) in [4.78, 5) is 12.4. The summed E-state index contributed by atoms with van der Waals surface area (Å²) >= 11 is 0. The van der Waals surface area contributed by atoms with Crippen molar-refractivity contribution in [2.45, 2.75) is 32.5 Å². The number of rotatable bonds is 6. The van der Waals surface area contributed by atoms with Crippen molar-refractivity contribution in [3.05, 3.63) is 100 Å². The molecule has 3 aromatic carbocycles. The Bertz CT molecular complexity index is 969. The Labute approximate surface area is 164 Å². The lowest BCUT2D eigenvalue weighted by Crippen LogP contribution is -2.28. The number of hydrogen-bond acceptors (Lipinski definition) is 4. The summed E-state index contributed by atoms with van der Waals surface area (Å²) in [6, 6.07) is 20.7. The normalized spacial score (nSPS) is 13.1. The van der Waals surface area contributed by atoms with Crippen LogP contribution in [0.5, 0.6) is 5.75 Å². The van der Waals surface area contributed by atoms with Gasteiger partial charge in [0, 0.05) is 22.1 Å². The lowest BCUT2D eigenvalue weighted by atomic mass is 9.68. The summed E-state index contributed by atoms with van der Waals surface area (Å²) in [6.45, 7) is 2.84. The van der Waals surface area contributed by atoms with E-state index < -0.39 is 5.41 Å². The fourth-order valence-electron chi connectivity index (χ4n) is 3.77. The van der Waals surface area contributed by atoms with E-state index in [-0.39, 0.29) is 24.7 Å². The molecule has 0 aromatic heterocycles. The first-order valence-electron chi connectivity index (χ1n) is 9.16. The minimum absolute atomic E-state index is 0.0405. The van der Waals surface area contributed by atoms with Gasteiger partial charge >= 0.3 is 0 Å². The fraction of sp³-hybridized carbons (Fsp3) is 0.208. The summed E-state index contributed by atoms with van der Waals surface area (Å²) in [7, 11) is 0. The van der Waals surface area contributed by atoms with E-state index in [0.717, 1.165) is 16.7 Å². The van der Waals surface area contributed by atoms with Crippen LogP contribution in [0.25, 0.3) is 0 Å². The monoisotopic (exact) mass is 376 g/mol. The molecule has 144 valence electrons. The summed E-state index contributed by atoms with van der Waals surface area (Å²) in [5.74, 6) is -0.148. The Morgan fingerprint density at radius 2 is 1.39 bits per heavy atom. The smallest absolute Gasteiger partial charge is 0.160 e. The molecule has 4 nitrogen and oxygen atoms in total. The fourth-order valence-corrected chi connectivity index (χ4v) is 3.77. The van der Waals surface area contributed by atoms with E-state index in [9.17, 15) is 20.1 Å². The maximum absolute atomic E-state index is 12.4. The molecule has 0 aliphatic heterocycles. The highest BCUT2D eigenvalue weighted by atomic mass is 16.3. The molecule has 0 aliphatic rings. The van der Waals surface area contributed by atoms with Crippen LogP contribution in [0.3, 0.4) is 0 Å². The summed E-state index contributed by atoms with van der Waals surface area (Å²) in [5, 5.41) is 29.7. The van der Waals surface area contributed by atoms with Gasteiger partial charge in [0.2, 0.25) is 0 Å². The maximum atomic E-state index is 12.4. The van der Waals surface area contributed by atoms with Crippen molar-refractivity contribution in [2.75, 3.05) is 0 Å². The van der Waals surface area contributed by atoms with E-state index >= 15 is 0 Å². The number of phenols is 1. The van der Waals surface area contributed by atoms with Gasteiger partial charge in [-0.1, -0.05) is 54.6 Å². The van der Waals surface area contributed by atoms with Crippen LogP contribution in [0.2, 0.25) is 0 Å². The van der Waals surface area contributed by atoms with E-state index in [1.807, 2.05) is 55.5 Å². The molecule has 0 saturated carbocycles. The molecule has 3 aromatic rings. The molecule has 0 heterocycles. The van der Waals surface area contributed by atoms with Crippen LogP contribution in [0.4, 0.5) is 0 Å². The molecule has 0 bridgehead atoms. The molecule has 4 heteroatoms. The number of aromatic hydroxyl groups is 1. The molecule has 28 heavy (non-hydrogen) atoms. The van der Waals surface area contributed by atoms with Gasteiger partial charge in [0.25, 0.3) is 0 Å². The van der Waals surface area contributed by atoms with E-state index in [2.05, 4.69) is 0 Å². The summed E-state index contributed by atoms with van der Waals surface area (Å²) < 4.78 is 0. The Balaban J connectivity index is 2.39. The zero-order valence-electron chi connectivity index (χ0n) is 16.0. The molecular weight excluding hydrogens is 352 g/mol. The van der Waals surface area contributed by atoms with Crippen molar-refractivity contribution < 1.29 is 20.1 Å². The van der Waals surface area contributed by atoms with Crippen molar-refractivity contribution in [2.24, 2.45) is 0 Å². The molecule has 0 radical (unpaired) electrons. The summed E-state index contributed by atoms with van der Waals surface area (Å²) in [5.41, 5.74) is 3.11. The van der Waals surface area contributed by atoms with Gasteiger partial charge in [-0.25, -0.2) is 0 Å². The first-order valence-corrected chi connectivity index (χ1v) is 9.16. The molecule has 0 amide bonds. The number of benzene rings is 3. The minimum atomic E-state index is -0.731. The molecule has 0 aliphatic carbocycles. The molecule has 0 saturated heterocycles. The van der Waals surface area contributed by atoms with Gasteiger partial charge in [-0.3, -0.25) is 4.79 Å². The number of hydrogen-bond donors (Lipinski definition) is 3. The third-order valence-electron chi connectivity index (χ3n) is 5.38. The second-order valence-electron chi connectivity index (χ2n) is 7.05. The highest BCUT2D eigenvalue weighted by molar-refractivity contribution is 5.96. The quantitative estimate of drug-likeness (QED) is 0.450. The molecule has 3 N–H and O–H groups in total. The Hall–Kier alpha value is -2.95. The van der Waals surface area contributed by atoms with Crippen LogP contribution >= 0.6 is 0 Å². The number of aliphatic hydroxyl groups is 2. The number of Topliss-reactive ketones (excluding diaryl/α,β-unsaturated/α-hetero) is 1. The molecular formula is C24H24O4. The third-order valence-corrected chi connectivity index (χ3v) is 5.38. The highest BCUT2D eigenvalue weighted by Gasteiger charge is 2.34. The zero-order valence-corrected chi connectivity index (χ0v) is 16.0. The lowest BCUT2D eigenvalue weighted by molar-refractivity contribution is 0.101. The lowest BCUT2D eigenvalue weighted by Gasteiger charge is -2.34. The first kappa shape index (κ1) is 19.8. The van der Waals surface area contributed by atoms with Crippen LogP contribution in [-0.2, 0) is 18.6 Å². The predicted octanol–water partition coefficient (Wildman–Crippen LogP) is 3.93. The SMILES string of the molecule is CC(=O)c1ccccc1C(C)(c1ccccc1)c1cc(CO)c(O)c(CO)c1. The number of carbonyl (C=O) groups excluding carboxylic acids is 1. The van der Waals surface area contributed by atoms with Gasteiger partial charge in [0.05, 0.1) is 13.2 Å². The van der Waals surface area contributed by atoms with Gasteiger partial charge in [-0.05, 0) is 42.7 Å². The molecule has 3 rings (SSSR count). The van der Waals surface area contributed by atoms with Crippen molar-refractivity contribution in [3.63, 3.8) is 0 Å². The molecule has 1 unspecified atom stereocenters. The van der Waals surface area contributed by atoms with Gasteiger partial charge < -0.3 is 15.3 Å². The highest BCUT2D eigenvalue weighted by Crippen LogP contribution is 2.42. The average Bonchev–Trinajstić information content (AvgIpc) is 2.73. The second kappa shape index (κ2) is 7.97. The average molecular weight is 376 g/mol. The standard InChI is InChI=1S/C24H24O4/c1-16(27)21-10-6-7-11-22(21)24(2,19-8-4-3-5-9-19)20-12-17(14-25)23(28)18(13-20)15-26/h3-13,25-26,28H,14-15H2,1-2H3. The Morgan fingerprint density at radius 1 is 0.857 bits per heavy atom. The number of ketones is 1. The van der Waals surface area contributed by atoms with Crippen LogP contribution in [-0.4, -0.2) is 21.1 Å². The molecule has 0 fully saturated rings. The van der Waals surface area contributed by atoms with Crippen LogP contribution in [0.15, 0.2) is 66.7 Å². The Morgan fingerprint density at radius 3 is 1.93 bits per heavy atom. The van der Waals surface area contributed by atoms with Gasteiger partial charge in [-0.2, -0.15) is 0 Å². The van der Waals surface area contributed by atoms with Gasteiger partial charge in [-0.15, -0.1) is 0 Å². The van der Waals surface area contributed by atoms with Crippen molar-refractivity contribution in [1.29, 1.82) is 0 Å². The summed E-state index contributed by atoms with van der Waals surface area (Å²) in [6.07, 6.45) is 0. The van der Waals surface area contributed by atoms with E-state index in [0.29, 0.717) is 16.7 Å². The molecule has 0 spiro atoms. The van der Waals surface area contributed by atoms with E-state index in [1.165, 1.54) is 0 Å². The topological polar surface area (TPSA) is 77.8 Å². The Kier molecular flexibility index (Phi) is 5.63. The number of carbonyl (C=O) groups is 1.